The smallest absolute Gasteiger partial charge is 0.229 e. The molecule has 3 aromatic heterocycles. The molecule has 0 bridgehead atoms. The maximum atomic E-state index is 12.9. The van der Waals surface area contributed by atoms with Crippen molar-refractivity contribution in [3.63, 3.8) is 0 Å². The van der Waals surface area contributed by atoms with Crippen LogP contribution in [0.5, 0.6) is 5.75 Å². The second-order valence-electron chi connectivity index (χ2n) is 11.5. The average molecular weight is 574 g/mol. The Morgan fingerprint density at radius 2 is 1.83 bits per heavy atom. The van der Waals surface area contributed by atoms with Crippen LogP contribution in [0.3, 0.4) is 0 Å². The molecule has 1 aliphatic carbocycles. The third kappa shape index (κ3) is 5.43. The van der Waals surface area contributed by atoms with Crippen LogP contribution in [0.2, 0.25) is 0 Å². The van der Waals surface area contributed by atoms with E-state index < -0.39 is 0 Å². The number of nitrogens with two attached hydrogens (primary N) is 1. The number of methoxy groups -OCH3 is 1. The summed E-state index contributed by atoms with van der Waals surface area (Å²) in [5, 5.41) is 12.7. The number of fused-ring (bicyclic) bond motifs is 1. The van der Waals surface area contributed by atoms with E-state index in [0.29, 0.717) is 40.4 Å². The summed E-state index contributed by atoms with van der Waals surface area (Å²) in [6, 6.07) is 6.47. The highest BCUT2D eigenvalue weighted by Gasteiger charge is 2.31. The van der Waals surface area contributed by atoms with Gasteiger partial charge in [-0.3, -0.25) is 9.69 Å². The molecule has 12 nitrogen and oxygen atoms in total. The largest absolute Gasteiger partial charge is 0.495 e. The predicted octanol–water partition coefficient (Wildman–Crippen LogP) is 3.60. The first-order valence-electron chi connectivity index (χ1n) is 14.6. The van der Waals surface area contributed by atoms with Crippen molar-refractivity contribution in [3.8, 4) is 17.0 Å². The van der Waals surface area contributed by atoms with Gasteiger partial charge in [0.2, 0.25) is 5.91 Å². The summed E-state index contributed by atoms with van der Waals surface area (Å²) < 4.78 is 12.9. The number of carbonyl (C=O) groups excluding carboxylic acids is 1. The molecular weight excluding hydrogens is 534 g/mol. The normalized spacial score (nSPS) is 20.2. The van der Waals surface area contributed by atoms with Crippen molar-refractivity contribution < 1.29 is 14.1 Å². The van der Waals surface area contributed by atoms with E-state index >= 15 is 0 Å². The second-order valence-corrected chi connectivity index (χ2v) is 11.5. The van der Waals surface area contributed by atoms with Gasteiger partial charge in [0.15, 0.2) is 5.65 Å². The van der Waals surface area contributed by atoms with Crippen LogP contribution < -0.4 is 15.8 Å². The van der Waals surface area contributed by atoms with E-state index in [4.69, 9.17) is 20.1 Å². The number of piperazine rings is 1. The van der Waals surface area contributed by atoms with Gasteiger partial charge in [0.1, 0.15) is 29.3 Å². The molecule has 0 radical (unpaired) electrons. The summed E-state index contributed by atoms with van der Waals surface area (Å²) in [6.07, 6.45) is 6.02. The fourth-order valence-electron chi connectivity index (χ4n) is 6.36. The van der Waals surface area contributed by atoms with Gasteiger partial charge in [0.25, 0.3) is 0 Å². The van der Waals surface area contributed by atoms with E-state index in [1.165, 1.54) is 6.33 Å². The maximum absolute atomic E-state index is 12.9. The Balaban J connectivity index is 1.24. The van der Waals surface area contributed by atoms with Crippen molar-refractivity contribution in [2.45, 2.75) is 58.0 Å². The van der Waals surface area contributed by atoms with Crippen LogP contribution in [-0.4, -0.2) is 87.0 Å². The summed E-state index contributed by atoms with van der Waals surface area (Å²) in [6.45, 7) is 8.18. The van der Waals surface area contributed by atoms with Crippen molar-refractivity contribution in [1.82, 2.24) is 34.7 Å². The van der Waals surface area contributed by atoms with Gasteiger partial charge in [-0.05, 0) is 58.7 Å². The second kappa shape index (κ2) is 11.7. The van der Waals surface area contributed by atoms with Crippen molar-refractivity contribution in [2.24, 2.45) is 0 Å². The van der Waals surface area contributed by atoms with Crippen LogP contribution in [0.15, 0.2) is 29.0 Å². The molecule has 1 saturated heterocycles. The minimum atomic E-state index is -0.185. The summed E-state index contributed by atoms with van der Waals surface area (Å²) in [5.74, 6) is 1.36. The standard InChI is InChI=1S/C30H39N9O3/c1-18-23(19(2)42-36-18)16-26(40)34-24-10-5-20(15-25(24)41-4)28-27-29(31)32-17-33-30(27)39(35-28)22-8-6-21(7-9-22)38-13-11-37(3)12-14-38/h5,10,15,17,21-22H,6-9,11-14,16H2,1-4H3,(H,34,40)(H2,31,32,33). The number of carbonyl (C=O) groups is 1. The zero-order chi connectivity index (χ0) is 29.4. The van der Waals surface area contributed by atoms with Crippen molar-refractivity contribution in [3.05, 3.63) is 41.5 Å². The molecule has 1 amide bonds. The minimum absolute atomic E-state index is 0.159. The third-order valence-electron chi connectivity index (χ3n) is 8.85. The number of likely N-dealkylation sites (N-methyl/N-ethyl adjacent to an activating group) is 1. The van der Waals surface area contributed by atoms with E-state index in [9.17, 15) is 4.79 Å². The number of amides is 1. The van der Waals surface area contributed by atoms with E-state index in [1.807, 2.05) is 25.1 Å². The number of benzene rings is 1. The molecule has 2 fully saturated rings. The quantitative estimate of drug-likeness (QED) is 0.337. The number of ether oxygens (including phenoxy) is 1. The van der Waals surface area contributed by atoms with E-state index in [0.717, 1.165) is 74.0 Å². The molecule has 12 heteroatoms. The van der Waals surface area contributed by atoms with Gasteiger partial charge in [-0.25, -0.2) is 14.6 Å². The van der Waals surface area contributed by atoms with E-state index in [2.05, 4.69) is 42.0 Å². The molecule has 0 spiro atoms. The van der Waals surface area contributed by atoms with Gasteiger partial charge in [0.05, 0.1) is 36.3 Å². The summed E-state index contributed by atoms with van der Waals surface area (Å²) >= 11 is 0. The van der Waals surface area contributed by atoms with E-state index in [1.54, 1.807) is 14.0 Å². The van der Waals surface area contributed by atoms with Crippen LogP contribution >= 0.6 is 0 Å². The Bertz CT molecular complexity index is 1560. The molecule has 3 N–H and O–H groups in total. The topological polar surface area (TPSA) is 140 Å². The Morgan fingerprint density at radius 3 is 2.52 bits per heavy atom. The average Bonchev–Trinajstić information content (AvgIpc) is 3.54. The van der Waals surface area contributed by atoms with Gasteiger partial charge < -0.3 is 25.2 Å². The molecule has 1 aliphatic heterocycles. The molecule has 1 saturated carbocycles. The summed E-state index contributed by atoms with van der Waals surface area (Å²) in [7, 11) is 3.78. The number of anilines is 2. The Labute approximate surface area is 245 Å². The first-order valence-corrected chi connectivity index (χ1v) is 14.6. The first-order chi connectivity index (χ1) is 20.3. The maximum Gasteiger partial charge on any atom is 0.229 e. The molecular formula is C30H39N9O3. The number of aromatic nitrogens is 5. The number of aryl methyl sites for hydroxylation is 2. The molecule has 1 aromatic carbocycles. The van der Waals surface area contributed by atoms with Crippen molar-refractivity contribution in [2.75, 3.05) is 51.4 Å². The lowest BCUT2D eigenvalue weighted by atomic mass is 9.90. The van der Waals surface area contributed by atoms with Gasteiger partial charge >= 0.3 is 0 Å². The van der Waals surface area contributed by atoms with E-state index in [-0.39, 0.29) is 18.4 Å². The Kier molecular flexibility index (Phi) is 7.82. The van der Waals surface area contributed by atoms with Gasteiger partial charge in [-0.1, -0.05) is 11.2 Å². The van der Waals surface area contributed by atoms with Crippen molar-refractivity contribution >= 4 is 28.4 Å². The number of nitrogen functional groups attached to an aromatic ring is 1. The van der Waals surface area contributed by atoms with Crippen molar-refractivity contribution in [1.29, 1.82) is 0 Å². The lowest BCUT2D eigenvalue weighted by Gasteiger charge is -2.41. The van der Waals surface area contributed by atoms with Gasteiger partial charge in [-0.15, -0.1) is 0 Å². The molecule has 2 aliphatic rings. The Morgan fingerprint density at radius 1 is 1.10 bits per heavy atom. The number of hydrogen-bond acceptors (Lipinski definition) is 10. The number of rotatable bonds is 7. The zero-order valence-corrected chi connectivity index (χ0v) is 24.8. The SMILES string of the molecule is COc1cc(-c2nn(C3CCC(N4CCN(C)CC4)CC3)c3ncnc(N)c23)ccc1NC(=O)Cc1c(C)noc1C. The van der Waals surface area contributed by atoms with Crippen LogP contribution in [-0.2, 0) is 11.2 Å². The fraction of sp³-hybridized carbons (Fsp3) is 0.500. The number of hydrogen-bond donors (Lipinski definition) is 2. The van der Waals surface area contributed by atoms with Gasteiger partial charge in [0, 0.05) is 43.3 Å². The lowest BCUT2D eigenvalue weighted by Crippen LogP contribution is -2.49. The monoisotopic (exact) mass is 573 g/mol. The Hall–Kier alpha value is -4.03. The summed E-state index contributed by atoms with van der Waals surface area (Å²) in [5.41, 5.74) is 10.7. The molecule has 0 atom stereocenters. The third-order valence-corrected chi connectivity index (χ3v) is 8.85. The van der Waals surface area contributed by atoms with Crippen LogP contribution in [0.4, 0.5) is 11.5 Å². The minimum Gasteiger partial charge on any atom is -0.495 e. The van der Waals surface area contributed by atoms with Gasteiger partial charge in [-0.2, -0.15) is 5.10 Å². The first kappa shape index (κ1) is 28.1. The lowest BCUT2D eigenvalue weighted by molar-refractivity contribution is -0.115. The fourth-order valence-corrected chi connectivity index (χ4v) is 6.36. The number of nitrogens with zero attached hydrogens (tertiary/aromatic N) is 7. The molecule has 4 heterocycles. The highest BCUT2D eigenvalue weighted by Crippen LogP contribution is 2.39. The van der Waals surface area contributed by atoms with Crippen LogP contribution in [0.25, 0.3) is 22.3 Å². The molecule has 6 rings (SSSR count). The molecule has 222 valence electrons. The predicted molar refractivity (Wildman–Crippen MR) is 160 cm³/mol. The number of nitrogens with one attached hydrogen (secondary N) is 1. The van der Waals surface area contributed by atoms with Crippen LogP contribution in [0.1, 0.15) is 48.7 Å². The highest BCUT2D eigenvalue weighted by atomic mass is 16.5. The molecule has 0 unspecified atom stereocenters. The summed E-state index contributed by atoms with van der Waals surface area (Å²) in [4.78, 5) is 26.8. The molecule has 42 heavy (non-hydrogen) atoms. The highest BCUT2D eigenvalue weighted by molar-refractivity contribution is 5.99. The van der Waals surface area contributed by atoms with Crippen LogP contribution in [0, 0.1) is 13.8 Å². The zero-order valence-electron chi connectivity index (χ0n) is 24.8. The molecule has 4 aromatic rings.